The highest BCUT2D eigenvalue weighted by atomic mass is 16.1. The van der Waals surface area contributed by atoms with Crippen LogP contribution >= 0.6 is 0 Å². The average molecular weight is 221 g/mol. The lowest BCUT2D eigenvalue weighted by Gasteiger charge is -2.22. The van der Waals surface area contributed by atoms with Crippen molar-refractivity contribution in [1.82, 2.24) is 10.2 Å². The highest BCUT2D eigenvalue weighted by molar-refractivity contribution is 5.97. The van der Waals surface area contributed by atoms with Crippen LogP contribution in [0, 0.1) is 11.3 Å². The second-order valence-corrected chi connectivity index (χ2v) is 4.43. The van der Waals surface area contributed by atoms with Crippen LogP contribution in [0.1, 0.15) is 32.1 Å². The molecule has 4 heteroatoms. The molecule has 0 radical (unpaired) electrons. The summed E-state index contributed by atoms with van der Waals surface area (Å²) < 4.78 is 0. The van der Waals surface area contributed by atoms with E-state index in [4.69, 9.17) is 5.26 Å². The van der Waals surface area contributed by atoms with Gasteiger partial charge in [-0.15, -0.1) is 0 Å². The molecule has 1 saturated carbocycles. The smallest absolute Gasteiger partial charge is 0.263 e. The largest absolute Gasteiger partial charge is 0.382 e. The predicted molar refractivity (Wildman–Crippen MR) is 62.4 cm³/mol. The van der Waals surface area contributed by atoms with E-state index in [0.29, 0.717) is 0 Å². The van der Waals surface area contributed by atoms with Crippen molar-refractivity contribution in [3.63, 3.8) is 0 Å². The normalized spacial score (nSPS) is 17.7. The molecule has 0 aromatic heterocycles. The van der Waals surface area contributed by atoms with E-state index in [9.17, 15) is 4.79 Å². The molecular formula is C12H19N3O. The van der Waals surface area contributed by atoms with E-state index in [1.165, 1.54) is 19.3 Å². The number of nitriles is 1. The van der Waals surface area contributed by atoms with Gasteiger partial charge in [0.2, 0.25) is 0 Å². The van der Waals surface area contributed by atoms with E-state index in [1.54, 1.807) is 25.2 Å². The molecule has 1 fully saturated rings. The van der Waals surface area contributed by atoms with E-state index in [0.717, 1.165) is 12.8 Å². The molecule has 1 rings (SSSR count). The molecule has 0 spiro atoms. The van der Waals surface area contributed by atoms with Gasteiger partial charge in [-0.2, -0.15) is 5.26 Å². The molecule has 0 bridgehead atoms. The third kappa shape index (κ3) is 3.93. The highest BCUT2D eigenvalue weighted by Crippen LogP contribution is 2.17. The van der Waals surface area contributed by atoms with Gasteiger partial charge in [-0.3, -0.25) is 4.79 Å². The van der Waals surface area contributed by atoms with Crippen molar-refractivity contribution < 1.29 is 4.79 Å². The lowest BCUT2D eigenvalue weighted by molar-refractivity contribution is -0.118. The fraction of sp³-hybridized carbons (Fsp3) is 0.667. The Labute approximate surface area is 96.9 Å². The minimum atomic E-state index is -0.247. The highest BCUT2D eigenvalue weighted by Gasteiger charge is 2.17. The fourth-order valence-electron chi connectivity index (χ4n) is 1.91. The Balaban J connectivity index is 2.53. The summed E-state index contributed by atoms with van der Waals surface area (Å²) in [5.74, 6) is -0.247. The molecule has 4 nitrogen and oxygen atoms in total. The van der Waals surface area contributed by atoms with Gasteiger partial charge in [0.15, 0.2) is 0 Å². The zero-order chi connectivity index (χ0) is 12.0. The van der Waals surface area contributed by atoms with Crippen LogP contribution in [-0.2, 0) is 4.79 Å². The minimum absolute atomic E-state index is 0.176. The molecule has 0 unspecified atom stereocenters. The van der Waals surface area contributed by atoms with Gasteiger partial charge in [0.1, 0.15) is 11.6 Å². The Morgan fingerprint density at radius 2 is 2.00 bits per heavy atom. The summed E-state index contributed by atoms with van der Waals surface area (Å²) in [6, 6.07) is 2.18. The number of rotatable bonds is 3. The van der Waals surface area contributed by atoms with E-state index in [1.807, 2.05) is 6.07 Å². The SMILES string of the molecule is CN(C)/C=C(\C#N)C(=O)NC1CCCCC1. The maximum absolute atomic E-state index is 11.7. The summed E-state index contributed by atoms with van der Waals surface area (Å²) in [6.45, 7) is 0. The predicted octanol–water partition coefficient (Wildman–Crippen LogP) is 1.40. The van der Waals surface area contributed by atoms with E-state index >= 15 is 0 Å². The Kier molecular flexibility index (Phi) is 4.84. The molecule has 1 amide bonds. The van der Waals surface area contributed by atoms with Crippen molar-refractivity contribution in [2.75, 3.05) is 14.1 Å². The standard InChI is InChI=1S/C12H19N3O/c1-15(2)9-10(8-13)12(16)14-11-6-4-3-5-7-11/h9,11H,3-7H2,1-2H3,(H,14,16)/b10-9+. The molecule has 0 aromatic carbocycles. The summed E-state index contributed by atoms with van der Waals surface area (Å²) >= 11 is 0. The quantitative estimate of drug-likeness (QED) is 0.579. The molecule has 1 N–H and O–H groups in total. The molecule has 0 saturated heterocycles. The number of carbonyl (C=O) groups is 1. The molecule has 0 heterocycles. The van der Waals surface area contributed by atoms with Crippen LogP contribution in [0.5, 0.6) is 0 Å². The average Bonchev–Trinajstić information content (AvgIpc) is 2.26. The van der Waals surface area contributed by atoms with Crippen LogP contribution in [0.3, 0.4) is 0 Å². The summed E-state index contributed by atoms with van der Waals surface area (Å²) in [5, 5.41) is 11.8. The third-order valence-corrected chi connectivity index (χ3v) is 2.69. The Morgan fingerprint density at radius 3 is 2.50 bits per heavy atom. The van der Waals surface area contributed by atoms with Gasteiger partial charge < -0.3 is 10.2 Å². The number of carbonyl (C=O) groups excluding carboxylic acids is 1. The summed E-state index contributed by atoms with van der Waals surface area (Å²) in [4.78, 5) is 13.5. The van der Waals surface area contributed by atoms with Gasteiger partial charge in [0, 0.05) is 26.3 Å². The first-order chi connectivity index (χ1) is 7.63. The zero-order valence-electron chi connectivity index (χ0n) is 9.99. The third-order valence-electron chi connectivity index (χ3n) is 2.69. The topological polar surface area (TPSA) is 56.1 Å². The first-order valence-corrected chi connectivity index (χ1v) is 5.72. The van der Waals surface area contributed by atoms with Crippen molar-refractivity contribution in [2.45, 2.75) is 38.1 Å². The second-order valence-electron chi connectivity index (χ2n) is 4.43. The summed E-state index contributed by atoms with van der Waals surface area (Å²) in [7, 11) is 3.59. The zero-order valence-corrected chi connectivity index (χ0v) is 9.99. The van der Waals surface area contributed by atoms with Crippen LogP contribution in [-0.4, -0.2) is 30.9 Å². The van der Waals surface area contributed by atoms with E-state index in [-0.39, 0.29) is 17.5 Å². The van der Waals surface area contributed by atoms with Gasteiger partial charge in [-0.1, -0.05) is 19.3 Å². The first-order valence-electron chi connectivity index (χ1n) is 5.72. The van der Waals surface area contributed by atoms with Gasteiger partial charge in [-0.05, 0) is 12.8 Å². The van der Waals surface area contributed by atoms with E-state index < -0.39 is 0 Å². The maximum Gasteiger partial charge on any atom is 0.263 e. The van der Waals surface area contributed by atoms with Crippen LogP contribution < -0.4 is 5.32 Å². The number of amides is 1. The van der Waals surface area contributed by atoms with Crippen molar-refractivity contribution in [2.24, 2.45) is 0 Å². The Hall–Kier alpha value is -1.50. The number of nitrogens with zero attached hydrogens (tertiary/aromatic N) is 2. The number of hydrogen-bond donors (Lipinski definition) is 1. The van der Waals surface area contributed by atoms with Crippen molar-refractivity contribution in [1.29, 1.82) is 5.26 Å². The van der Waals surface area contributed by atoms with Crippen LogP contribution in [0.2, 0.25) is 0 Å². The molecule has 0 atom stereocenters. The Bertz CT molecular complexity index is 309. The summed E-state index contributed by atoms with van der Waals surface area (Å²) in [6.07, 6.45) is 7.22. The van der Waals surface area contributed by atoms with Gasteiger partial charge >= 0.3 is 0 Å². The van der Waals surface area contributed by atoms with Gasteiger partial charge in [0.25, 0.3) is 5.91 Å². The lowest BCUT2D eigenvalue weighted by Crippen LogP contribution is -2.37. The monoisotopic (exact) mass is 221 g/mol. The van der Waals surface area contributed by atoms with Crippen molar-refractivity contribution >= 4 is 5.91 Å². The van der Waals surface area contributed by atoms with Crippen LogP contribution in [0.15, 0.2) is 11.8 Å². The number of hydrogen-bond acceptors (Lipinski definition) is 3. The van der Waals surface area contributed by atoms with Gasteiger partial charge in [0.05, 0.1) is 0 Å². The molecule has 88 valence electrons. The van der Waals surface area contributed by atoms with Crippen LogP contribution in [0.25, 0.3) is 0 Å². The lowest BCUT2D eigenvalue weighted by atomic mass is 9.95. The fourth-order valence-corrected chi connectivity index (χ4v) is 1.91. The second kappa shape index (κ2) is 6.16. The summed E-state index contributed by atoms with van der Waals surface area (Å²) in [5.41, 5.74) is 0.176. The first kappa shape index (κ1) is 12.6. The number of nitrogens with one attached hydrogen (secondary N) is 1. The van der Waals surface area contributed by atoms with Crippen molar-refractivity contribution in [3.05, 3.63) is 11.8 Å². The maximum atomic E-state index is 11.7. The molecule has 0 aromatic rings. The van der Waals surface area contributed by atoms with E-state index in [2.05, 4.69) is 5.32 Å². The van der Waals surface area contributed by atoms with Crippen LogP contribution in [0.4, 0.5) is 0 Å². The molecule has 1 aliphatic carbocycles. The molecule has 0 aliphatic heterocycles. The van der Waals surface area contributed by atoms with Crippen molar-refractivity contribution in [3.8, 4) is 6.07 Å². The molecule has 16 heavy (non-hydrogen) atoms. The Morgan fingerprint density at radius 1 is 1.38 bits per heavy atom. The molecule has 1 aliphatic rings. The minimum Gasteiger partial charge on any atom is -0.382 e. The molecular weight excluding hydrogens is 202 g/mol. The van der Waals surface area contributed by atoms with Gasteiger partial charge in [-0.25, -0.2) is 0 Å².